The van der Waals surface area contributed by atoms with Crippen LogP contribution in [0.2, 0.25) is 0 Å². The van der Waals surface area contributed by atoms with Gasteiger partial charge in [0.1, 0.15) is 11.8 Å². The van der Waals surface area contributed by atoms with Gasteiger partial charge in [0.25, 0.3) is 5.91 Å². The molecule has 12 nitrogen and oxygen atoms in total. The minimum absolute atomic E-state index is 0.0177. The van der Waals surface area contributed by atoms with Crippen LogP contribution in [0.15, 0.2) is 54.9 Å². The molecule has 2 aromatic rings. The lowest BCUT2D eigenvalue weighted by Crippen LogP contribution is -2.65. The molecule has 2 heterocycles. The first kappa shape index (κ1) is 43.2. The number of hydrogen-bond donors (Lipinski definition) is 3. The molecule has 1 aromatic heterocycles. The van der Waals surface area contributed by atoms with E-state index in [9.17, 15) is 22.8 Å². The van der Waals surface area contributed by atoms with Gasteiger partial charge in [-0.05, 0) is 104 Å². The van der Waals surface area contributed by atoms with Crippen LogP contribution >= 0.6 is 0 Å². The molecule has 300 valence electrons. The smallest absolute Gasteiger partial charge is 0.258 e. The Kier molecular flexibility index (Phi) is 14.3. The van der Waals surface area contributed by atoms with Crippen molar-refractivity contribution in [1.29, 1.82) is 0 Å². The first-order valence-electron chi connectivity index (χ1n) is 19.2. The lowest BCUT2D eigenvalue weighted by molar-refractivity contribution is -0.139. The van der Waals surface area contributed by atoms with E-state index in [2.05, 4.69) is 25.8 Å². The summed E-state index contributed by atoms with van der Waals surface area (Å²) in [6, 6.07) is 10.5. The Morgan fingerprint density at radius 3 is 2.19 bits per heavy atom. The highest BCUT2D eigenvalue weighted by Crippen LogP contribution is 2.39. The maximum absolute atomic E-state index is 14.6. The molecule has 2 aliphatic rings. The van der Waals surface area contributed by atoms with Crippen molar-refractivity contribution in [1.82, 2.24) is 25.8 Å². The largest absolute Gasteiger partial charge is 0.482 e. The zero-order chi connectivity index (χ0) is 39.9. The van der Waals surface area contributed by atoms with E-state index in [0.29, 0.717) is 30.6 Å². The molecule has 1 aliphatic heterocycles. The highest BCUT2D eigenvalue weighted by Gasteiger charge is 2.47. The Hall–Kier alpha value is -3.55. The summed E-state index contributed by atoms with van der Waals surface area (Å²) in [5.74, 6) is -0.0719. The van der Waals surface area contributed by atoms with Gasteiger partial charge in [-0.3, -0.25) is 24.3 Å². The second kappa shape index (κ2) is 17.9. The van der Waals surface area contributed by atoms with Gasteiger partial charge in [0.05, 0.1) is 34.7 Å². The molecular weight excluding hydrogens is 707 g/mol. The third-order valence-electron chi connectivity index (χ3n) is 10.5. The number of amides is 3. The highest BCUT2D eigenvalue weighted by atomic mass is 32.2. The summed E-state index contributed by atoms with van der Waals surface area (Å²) < 4.78 is 37.1. The SMILES string of the molecule is CC(C)(C)NC(=O)[C@@H]1C[C@@H]2CCCC[C@@H]2CN1C[C@@H](OC(C)(C)C)[C@H](Cc1ccccc1)NC(=O)[C@H](NC(=O)COc1cccnc1)C(C)(C)S(C)(=O)=O. The maximum Gasteiger partial charge on any atom is 0.258 e. The quantitative estimate of drug-likeness (QED) is 0.238. The van der Waals surface area contributed by atoms with Crippen LogP contribution in [0.3, 0.4) is 0 Å². The first-order valence-corrected chi connectivity index (χ1v) is 21.1. The predicted molar refractivity (Wildman–Crippen MR) is 211 cm³/mol. The summed E-state index contributed by atoms with van der Waals surface area (Å²) in [5, 5.41) is 9.04. The van der Waals surface area contributed by atoms with E-state index >= 15 is 0 Å². The molecule has 13 heteroatoms. The molecule has 3 amide bonds. The number of benzene rings is 1. The second-order valence-corrected chi connectivity index (χ2v) is 20.3. The Morgan fingerprint density at radius 2 is 1.59 bits per heavy atom. The summed E-state index contributed by atoms with van der Waals surface area (Å²) >= 11 is 0. The van der Waals surface area contributed by atoms with Crippen molar-refractivity contribution in [2.75, 3.05) is 26.0 Å². The van der Waals surface area contributed by atoms with Crippen LogP contribution in [-0.2, 0) is 35.4 Å². The molecule has 1 aliphatic carbocycles. The summed E-state index contributed by atoms with van der Waals surface area (Å²) in [6.45, 7) is 15.3. The molecule has 3 N–H and O–H groups in total. The molecule has 54 heavy (non-hydrogen) atoms. The van der Waals surface area contributed by atoms with E-state index in [4.69, 9.17) is 9.47 Å². The van der Waals surface area contributed by atoms with Gasteiger partial charge in [0.2, 0.25) is 11.8 Å². The van der Waals surface area contributed by atoms with Gasteiger partial charge in [-0.2, -0.15) is 0 Å². The molecule has 1 saturated heterocycles. The fourth-order valence-electron chi connectivity index (χ4n) is 7.52. The van der Waals surface area contributed by atoms with E-state index in [1.54, 1.807) is 18.3 Å². The fourth-order valence-corrected chi connectivity index (χ4v) is 8.12. The molecule has 6 atom stereocenters. The van der Waals surface area contributed by atoms with Crippen molar-refractivity contribution >= 4 is 27.6 Å². The van der Waals surface area contributed by atoms with Gasteiger partial charge in [-0.15, -0.1) is 0 Å². The topological polar surface area (TPSA) is 156 Å². The molecule has 0 bridgehead atoms. The number of carbonyl (C=O) groups excluding carboxylic acids is 3. The number of piperidine rings is 1. The Bertz CT molecular complexity index is 1660. The van der Waals surface area contributed by atoms with Gasteiger partial charge in [-0.25, -0.2) is 8.42 Å². The van der Waals surface area contributed by atoms with Crippen LogP contribution in [0.1, 0.15) is 93.1 Å². The number of aromatic nitrogens is 1. The lowest BCUT2D eigenvalue weighted by atomic mass is 9.72. The number of carbonyl (C=O) groups is 3. The first-order chi connectivity index (χ1) is 25.1. The predicted octanol–water partition coefficient (Wildman–Crippen LogP) is 4.48. The number of sulfone groups is 1. The van der Waals surface area contributed by atoms with E-state index < -0.39 is 62.3 Å². The van der Waals surface area contributed by atoms with Crippen LogP contribution in [-0.4, -0.2) is 102 Å². The number of ether oxygens (including phenoxy) is 2. The number of rotatable bonds is 15. The maximum atomic E-state index is 14.6. The number of nitrogens with one attached hydrogen (secondary N) is 3. The molecule has 0 radical (unpaired) electrons. The average Bonchev–Trinajstić information content (AvgIpc) is 3.07. The van der Waals surface area contributed by atoms with Crippen molar-refractivity contribution in [2.45, 2.75) is 134 Å². The Labute approximate surface area is 322 Å². The van der Waals surface area contributed by atoms with Crippen LogP contribution in [0.5, 0.6) is 5.75 Å². The summed E-state index contributed by atoms with van der Waals surface area (Å²) in [6.07, 6.45) is 9.13. The van der Waals surface area contributed by atoms with Crippen molar-refractivity contribution in [2.24, 2.45) is 11.8 Å². The molecule has 1 saturated carbocycles. The molecular formula is C41H63N5O7S. The highest BCUT2D eigenvalue weighted by molar-refractivity contribution is 7.92. The lowest BCUT2D eigenvalue weighted by Gasteiger charge is -2.48. The van der Waals surface area contributed by atoms with E-state index in [1.807, 2.05) is 71.9 Å². The number of nitrogens with zero attached hydrogens (tertiary/aromatic N) is 2. The number of fused-ring (bicyclic) bond motifs is 1. The number of pyridine rings is 1. The normalized spacial score (nSPS) is 21.5. The van der Waals surface area contributed by atoms with Crippen LogP contribution in [0, 0.1) is 11.8 Å². The third kappa shape index (κ3) is 12.5. The van der Waals surface area contributed by atoms with Crippen molar-refractivity contribution in [3.63, 3.8) is 0 Å². The van der Waals surface area contributed by atoms with Gasteiger partial charge in [-0.1, -0.05) is 49.6 Å². The Balaban J connectivity index is 1.70. The van der Waals surface area contributed by atoms with E-state index in [0.717, 1.165) is 37.6 Å². The molecule has 2 fully saturated rings. The third-order valence-corrected chi connectivity index (χ3v) is 12.7. The zero-order valence-corrected chi connectivity index (χ0v) is 34.5. The van der Waals surface area contributed by atoms with Gasteiger partial charge in [0, 0.05) is 31.1 Å². The average molecular weight is 770 g/mol. The number of hydrogen-bond acceptors (Lipinski definition) is 9. The summed E-state index contributed by atoms with van der Waals surface area (Å²) in [5.41, 5.74) is -0.113. The minimum Gasteiger partial charge on any atom is -0.482 e. The minimum atomic E-state index is -3.88. The van der Waals surface area contributed by atoms with E-state index in [1.165, 1.54) is 32.9 Å². The monoisotopic (exact) mass is 769 g/mol. The molecule has 4 rings (SSSR count). The Morgan fingerprint density at radius 1 is 0.926 bits per heavy atom. The zero-order valence-electron chi connectivity index (χ0n) is 33.7. The molecule has 0 unspecified atom stereocenters. The summed E-state index contributed by atoms with van der Waals surface area (Å²) in [7, 11) is -3.88. The standard InChI is InChI=1S/C41H63N5O7S/c1-39(2,3)45-37(48)33-23-29-18-13-14-19-30(29)25-46(33)26-34(53-40(4,5)6)32(22-28-16-11-10-12-17-28)43-38(49)36(41(7,8)54(9,50)51)44-35(47)27-52-31-20-15-21-42-24-31/h10-12,15-17,20-21,24,29-30,32-34,36H,13-14,18-19,22-23,25-27H2,1-9H3,(H,43,49)(H,44,47)(H,45,48)/t29-,30+,32-,33-,34+,36-/m0/s1. The van der Waals surface area contributed by atoms with Crippen LogP contribution < -0.4 is 20.7 Å². The van der Waals surface area contributed by atoms with Crippen molar-refractivity contribution < 1.29 is 32.3 Å². The fraction of sp³-hybridized carbons (Fsp3) is 0.659. The van der Waals surface area contributed by atoms with Crippen LogP contribution in [0.4, 0.5) is 0 Å². The molecule has 0 spiro atoms. The number of likely N-dealkylation sites (tertiary alicyclic amines) is 1. The summed E-state index contributed by atoms with van der Waals surface area (Å²) in [4.78, 5) is 48.0. The van der Waals surface area contributed by atoms with Gasteiger partial charge >= 0.3 is 0 Å². The van der Waals surface area contributed by atoms with Crippen molar-refractivity contribution in [3.8, 4) is 5.75 Å². The van der Waals surface area contributed by atoms with E-state index in [-0.39, 0.29) is 11.9 Å². The van der Waals surface area contributed by atoms with Gasteiger partial charge < -0.3 is 25.4 Å². The van der Waals surface area contributed by atoms with Crippen LogP contribution in [0.25, 0.3) is 0 Å². The second-order valence-electron chi connectivity index (χ2n) is 17.7. The van der Waals surface area contributed by atoms with Gasteiger partial charge in [0.15, 0.2) is 16.4 Å². The molecule has 1 aromatic carbocycles. The van der Waals surface area contributed by atoms with Crippen molar-refractivity contribution in [3.05, 3.63) is 60.4 Å².